The standard InChI is InChI=1S/C5BrClF3N/c6-4-2(8)1(7)3(9)5(10)11-4. The molecule has 0 unspecified atom stereocenters. The van der Waals surface area contributed by atoms with Crippen LogP contribution in [0, 0.1) is 17.6 Å². The molecule has 1 nitrogen and oxygen atoms in total. The van der Waals surface area contributed by atoms with Crippen LogP contribution in [0.25, 0.3) is 0 Å². The van der Waals surface area contributed by atoms with Crippen LogP contribution >= 0.6 is 27.5 Å². The minimum absolute atomic E-state index is 0.443. The summed E-state index contributed by atoms with van der Waals surface area (Å²) in [6.07, 6.45) is 0. The van der Waals surface area contributed by atoms with E-state index in [1.165, 1.54) is 0 Å². The average molecular weight is 246 g/mol. The van der Waals surface area contributed by atoms with Gasteiger partial charge in [-0.1, -0.05) is 11.6 Å². The average Bonchev–Trinajstić information content (AvgIpc) is 1.97. The molecule has 1 rings (SSSR count). The largest absolute Gasteiger partial charge is 0.251 e. The lowest BCUT2D eigenvalue weighted by molar-refractivity contribution is 0.461. The van der Waals surface area contributed by atoms with Crippen molar-refractivity contribution in [2.45, 2.75) is 0 Å². The van der Waals surface area contributed by atoms with E-state index in [9.17, 15) is 13.2 Å². The molecule has 0 fully saturated rings. The van der Waals surface area contributed by atoms with Crippen LogP contribution in [0.4, 0.5) is 13.2 Å². The predicted octanol–water partition coefficient (Wildman–Crippen LogP) is 2.91. The van der Waals surface area contributed by atoms with E-state index in [0.29, 0.717) is 0 Å². The molecule has 0 bridgehead atoms. The van der Waals surface area contributed by atoms with Gasteiger partial charge in [0.05, 0.1) is 0 Å². The van der Waals surface area contributed by atoms with Crippen molar-refractivity contribution in [3.05, 3.63) is 27.2 Å². The van der Waals surface area contributed by atoms with Crippen molar-refractivity contribution in [3.63, 3.8) is 0 Å². The fraction of sp³-hybridized carbons (Fsp3) is 0. The number of hydrogen-bond donors (Lipinski definition) is 0. The fourth-order valence-electron chi connectivity index (χ4n) is 0.462. The first-order valence-electron chi connectivity index (χ1n) is 2.39. The molecule has 11 heavy (non-hydrogen) atoms. The Labute approximate surface area is 73.3 Å². The lowest BCUT2D eigenvalue weighted by Crippen LogP contribution is -1.95. The molecule has 0 aromatic carbocycles. The van der Waals surface area contributed by atoms with Crippen molar-refractivity contribution in [3.8, 4) is 0 Å². The molecule has 60 valence electrons. The van der Waals surface area contributed by atoms with Gasteiger partial charge in [-0.15, -0.1) is 0 Å². The second-order valence-electron chi connectivity index (χ2n) is 1.64. The van der Waals surface area contributed by atoms with Crippen LogP contribution in [0.3, 0.4) is 0 Å². The third-order valence-electron chi connectivity index (χ3n) is 0.944. The molecule has 0 N–H and O–H groups in total. The SMILES string of the molecule is Fc1nc(Br)c(F)c(Cl)c1F. The van der Waals surface area contributed by atoms with Gasteiger partial charge in [-0.3, -0.25) is 0 Å². The van der Waals surface area contributed by atoms with E-state index >= 15 is 0 Å². The van der Waals surface area contributed by atoms with Crippen molar-refractivity contribution in [1.82, 2.24) is 4.98 Å². The van der Waals surface area contributed by atoms with Crippen molar-refractivity contribution in [2.75, 3.05) is 0 Å². The van der Waals surface area contributed by atoms with Gasteiger partial charge in [-0.2, -0.15) is 4.39 Å². The lowest BCUT2D eigenvalue weighted by Gasteiger charge is -1.98. The summed E-state index contributed by atoms with van der Waals surface area (Å²) >= 11 is 7.58. The van der Waals surface area contributed by atoms with Gasteiger partial charge < -0.3 is 0 Å². The molecule has 0 aliphatic heterocycles. The zero-order chi connectivity index (χ0) is 8.59. The molecule has 1 heterocycles. The van der Waals surface area contributed by atoms with Crippen molar-refractivity contribution >= 4 is 27.5 Å². The minimum atomic E-state index is -1.48. The number of halogens is 5. The maximum atomic E-state index is 12.5. The number of rotatable bonds is 0. The topological polar surface area (TPSA) is 12.9 Å². The molecular formula is C5BrClF3N. The predicted molar refractivity (Wildman–Crippen MR) is 36.8 cm³/mol. The first kappa shape index (κ1) is 8.80. The van der Waals surface area contributed by atoms with Crippen LogP contribution in [0.5, 0.6) is 0 Å². The molecule has 0 aliphatic rings. The van der Waals surface area contributed by atoms with Gasteiger partial charge in [-0.05, 0) is 15.9 Å². The second-order valence-corrected chi connectivity index (χ2v) is 2.76. The van der Waals surface area contributed by atoms with Crippen LogP contribution in [0.15, 0.2) is 4.60 Å². The number of pyridine rings is 1. The molecule has 1 aromatic rings. The van der Waals surface area contributed by atoms with Gasteiger partial charge in [0, 0.05) is 0 Å². The Bertz CT molecular complexity index is 278. The maximum Gasteiger partial charge on any atom is 0.251 e. The Kier molecular flexibility index (Phi) is 2.39. The Morgan fingerprint density at radius 3 is 2.27 bits per heavy atom. The molecule has 0 spiro atoms. The van der Waals surface area contributed by atoms with E-state index in [-0.39, 0.29) is 0 Å². The van der Waals surface area contributed by atoms with Gasteiger partial charge in [0.25, 0.3) is 5.95 Å². The van der Waals surface area contributed by atoms with Crippen molar-refractivity contribution in [2.24, 2.45) is 0 Å². The van der Waals surface area contributed by atoms with Crippen LogP contribution in [0.1, 0.15) is 0 Å². The monoisotopic (exact) mass is 245 g/mol. The van der Waals surface area contributed by atoms with Crippen molar-refractivity contribution < 1.29 is 13.2 Å². The van der Waals surface area contributed by atoms with Gasteiger partial charge in [0.15, 0.2) is 11.6 Å². The number of hydrogen-bond acceptors (Lipinski definition) is 1. The van der Waals surface area contributed by atoms with E-state index in [0.717, 1.165) is 0 Å². The summed E-state index contributed by atoms with van der Waals surface area (Å²) in [5.74, 6) is -4.01. The third kappa shape index (κ3) is 1.49. The quantitative estimate of drug-likeness (QED) is 0.641. The van der Waals surface area contributed by atoms with E-state index in [1.807, 2.05) is 0 Å². The zero-order valence-corrected chi connectivity index (χ0v) is 7.18. The minimum Gasteiger partial charge on any atom is -0.207 e. The summed E-state index contributed by atoms with van der Waals surface area (Å²) in [6.45, 7) is 0. The van der Waals surface area contributed by atoms with E-state index in [1.54, 1.807) is 0 Å². The highest BCUT2D eigenvalue weighted by atomic mass is 79.9. The summed E-state index contributed by atoms with van der Waals surface area (Å²) in [6, 6.07) is 0. The molecule has 0 aliphatic carbocycles. The summed E-state index contributed by atoms with van der Waals surface area (Å²) in [4.78, 5) is 2.85. The van der Waals surface area contributed by atoms with Gasteiger partial charge in [-0.25, -0.2) is 13.8 Å². The van der Waals surface area contributed by atoms with Gasteiger partial charge >= 0.3 is 0 Å². The first-order chi connectivity index (χ1) is 5.04. The summed E-state index contributed by atoms with van der Waals surface area (Å²) in [5.41, 5.74) is 0. The van der Waals surface area contributed by atoms with Crippen LogP contribution in [-0.2, 0) is 0 Å². The van der Waals surface area contributed by atoms with E-state index in [4.69, 9.17) is 11.6 Å². The van der Waals surface area contributed by atoms with Crippen LogP contribution in [-0.4, -0.2) is 4.98 Å². The highest BCUT2D eigenvalue weighted by Gasteiger charge is 2.16. The Hall–Kier alpha value is -0.290. The van der Waals surface area contributed by atoms with Gasteiger partial charge in [0.1, 0.15) is 9.63 Å². The Balaban J connectivity index is 3.46. The second kappa shape index (κ2) is 2.98. The molecule has 6 heteroatoms. The summed E-state index contributed by atoms with van der Waals surface area (Å²) < 4.78 is 36.7. The summed E-state index contributed by atoms with van der Waals surface area (Å²) in [7, 11) is 0. The van der Waals surface area contributed by atoms with Gasteiger partial charge in [0.2, 0.25) is 0 Å². The molecule has 0 atom stereocenters. The van der Waals surface area contributed by atoms with Crippen molar-refractivity contribution in [1.29, 1.82) is 0 Å². The molecule has 0 radical (unpaired) electrons. The third-order valence-corrected chi connectivity index (χ3v) is 1.80. The van der Waals surface area contributed by atoms with Crippen LogP contribution in [0.2, 0.25) is 5.02 Å². The highest BCUT2D eigenvalue weighted by Crippen LogP contribution is 2.24. The first-order valence-corrected chi connectivity index (χ1v) is 3.56. The zero-order valence-electron chi connectivity index (χ0n) is 4.84. The molecule has 0 amide bonds. The molecule has 1 aromatic heterocycles. The normalized spacial score (nSPS) is 10.3. The Morgan fingerprint density at radius 2 is 1.73 bits per heavy atom. The number of nitrogens with zero attached hydrogens (tertiary/aromatic N) is 1. The van der Waals surface area contributed by atoms with E-state index in [2.05, 4.69) is 20.9 Å². The number of aromatic nitrogens is 1. The molecule has 0 saturated carbocycles. The smallest absolute Gasteiger partial charge is 0.207 e. The lowest BCUT2D eigenvalue weighted by atomic mass is 10.4. The van der Waals surface area contributed by atoms with E-state index < -0.39 is 27.2 Å². The van der Waals surface area contributed by atoms with Crippen LogP contribution < -0.4 is 0 Å². The molecule has 0 saturated heterocycles. The Morgan fingerprint density at radius 1 is 1.18 bits per heavy atom. The maximum absolute atomic E-state index is 12.5. The highest BCUT2D eigenvalue weighted by molar-refractivity contribution is 9.10. The fourth-order valence-corrected chi connectivity index (χ4v) is 1.10. The molecular weight excluding hydrogens is 246 g/mol. The summed E-state index contributed by atoms with van der Waals surface area (Å²) in [5, 5.41) is -0.899.